The Kier molecular flexibility index (Phi) is 23.1. The summed E-state index contributed by atoms with van der Waals surface area (Å²) in [4.78, 5) is 107. The first kappa shape index (κ1) is 53.3. The Morgan fingerprint density at radius 2 is 0.921 bits per heavy atom. The van der Waals surface area contributed by atoms with Gasteiger partial charge in [0.05, 0.1) is 0 Å². The van der Waals surface area contributed by atoms with Crippen LogP contribution in [0.1, 0.15) is 98.6 Å². The summed E-state index contributed by atoms with van der Waals surface area (Å²) in [6.45, 7) is 14.1. The van der Waals surface area contributed by atoms with Crippen LogP contribution in [0.15, 0.2) is 60.7 Å². The average Bonchev–Trinajstić information content (AvgIpc) is 3.21. The highest BCUT2D eigenvalue weighted by Gasteiger charge is 2.35. The molecule has 0 aliphatic rings. The van der Waals surface area contributed by atoms with Crippen molar-refractivity contribution in [2.24, 2.45) is 29.2 Å². The second kappa shape index (κ2) is 27.3. The highest BCUT2D eigenvalue weighted by Crippen LogP contribution is 2.13. The van der Waals surface area contributed by atoms with Crippen LogP contribution in [0.25, 0.3) is 0 Å². The summed E-state index contributed by atoms with van der Waals surface area (Å²) in [6, 6.07) is 10.2. The summed E-state index contributed by atoms with van der Waals surface area (Å²) in [5, 5.41) is 19.0. The summed E-state index contributed by atoms with van der Waals surface area (Å²) in [5.41, 5.74) is 12.5. The Balaban J connectivity index is 2.40. The number of benzene rings is 2. The van der Waals surface area contributed by atoms with Crippen LogP contribution in [0.2, 0.25) is 0 Å². The number of nitrogens with two attached hydrogens (primary N) is 2. The van der Waals surface area contributed by atoms with E-state index in [1.807, 2.05) is 27.7 Å². The molecule has 0 fully saturated rings. The summed E-state index contributed by atoms with van der Waals surface area (Å²) < 4.78 is 0. The third kappa shape index (κ3) is 19.8. The SMILES string of the molecule is CC(=O)N[C@@H](CCCCN)C(=O)N[C@@H](CC(C)C)C(=O)N[C@H](C(=O)N[C@@H](Cc1ccccc1)C(=O)N[C@@H](Cc1ccccc1)C(=O)N[C@@H](C)C(=O)N[C@@H](CC(C)C)C(N)=O)C(C)C. The van der Waals surface area contributed by atoms with Crippen LogP contribution in [-0.4, -0.2) is 96.1 Å². The van der Waals surface area contributed by atoms with E-state index in [1.165, 1.54) is 13.8 Å². The predicted molar refractivity (Wildman–Crippen MR) is 241 cm³/mol. The molecule has 63 heavy (non-hydrogen) atoms. The number of primary amides is 1. The Labute approximate surface area is 372 Å². The van der Waals surface area contributed by atoms with Crippen LogP contribution < -0.4 is 48.7 Å². The van der Waals surface area contributed by atoms with Gasteiger partial charge in [-0.2, -0.15) is 0 Å². The van der Waals surface area contributed by atoms with Crippen LogP contribution in [0.5, 0.6) is 0 Å². The Morgan fingerprint density at radius 3 is 1.38 bits per heavy atom. The van der Waals surface area contributed by atoms with E-state index in [0.29, 0.717) is 43.4 Å². The van der Waals surface area contributed by atoms with Gasteiger partial charge in [-0.15, -0.1) is 0 Å². The molecular formula is C46H71N9O8. The second-order valence-electron chi connectivity index (χ2n) is 17.3. The van der Waals surface area contributed by atoms with Crippen molar-refractivity contribution in [1.82, 2.24) is 37.2 Å². The number of amides is 8. The smallest absolute Gasteiger partial charge is 0.243 e. The third-order valence-electron chi connectivity index (χ3n) is 10.2. The van der Waals surface area contributed by atoms with Crippen LogP contribution in [0, 0.1) is 17.8 Å². The largest absolute Gasteiger partial charge is 0.368 e. The van der Waals surface area contributed by atoms with Gasteiger partial charge in [-0.05, 0) is 74.5 Å². The predicted octanol–water partition coefficient (Wildman–Crippen LogP) is 1.27. The minimum Gasteiger partial charge on any atom is -0.368 e. The molecule has 2 aromatic carbocycles. The number of unbranched alkanes of at least 4 members (excludes halogenated alkanes) is 1. The zero-order chi connectivity index (χ0) is 47.2. The molecular weight excluding hydrogens is 807 g/mol. The maximum atomic E-state index is 14.3. The van der Waals surface area contributed by atoms with Crippen molar-refractivity contribution >= 4 is 47.3 Å². The lowest BCUT2D eigenvalue weighted by atomic mass is 9.98. The monoisotopic (exact) mass is 878 g/mol. The maximum absolute atomic E-state index is 14.3. The van der Waals surface area contributed by atoms with E-state index in [1.54, 1.807) is 74.5 Å². The molecule has 11 N–H and O–H groups in total. The van der Waals surface area contributed by atoms with Gasteiger partial charge in [-0.3, -0.25) is 38.4 Å². The molecule has 0 saturated heterocycles. The van der Waals surface area contributed by atoms with Crippen LogP contribution in [0.4, 0.5) is 0 Å². The van der Waals surface area contributed by atoms with Gasteiger partial charge in [0, 0.05) is 19.8 Å². The van der Waals surface area contributed by atoms with Crippen LogP contribution in [0.3, 0.4) is 0 Å². The van der Waals surface area contributed by atoms with E-state index in [0.717, 1.165) is 0 Å². The molecule has 0 heterocycles. The fourth-order valence-electron chi connectivity index (χ4n) is 6.82. The molecule has 0 aliphatic carbocycles. The molecule has 0 bridgehead atoms. The van der Waals surface area contributed by atoms with Crippen molar-refractivity contribution in [2.45, 2.75) is 143 Å². The highest BCUT2D eigenvalue weighted by molar-refractivity contribution is 5.97. The van der Waals surface area contributed by atoms with Gasteiger partial charge in [0.2, 0.25) is 47.3 Å². The summed E-state index contributed by atoms with van der Waals surface area (Å²) in [6.07, 6.45) is 2.11. The van der Waals surface area contributed by atoms with Crippen molar-refractivity contribution in [1.29, 1.82) is 0 Å². The van der Waals surface area contributed by atoms with E-state index < -0.39 is 95.5 Å². The van der Waals surface area contributed by atoms with E-state index in [-0.39, 0.29) is 31.1 Å². The number of carbonyl (C=O) groups is 8. The van der Waals surface area contributed by atoms with Gasteiger partial charge in [0.15, 0.2) is 0 Å². The zero-order valence-electron chi connectivity index (χ0n) is 38.1. The fourth-order valence-corrected chi connectivity index (χ4v) is 6.82. The number of carbonyl (C=O) groups excluding carboxylic acids is 8. The molecule has 0 spiro atoms. The quantitative estimate of drug-likeness (QED) is 0.0584. The van der Waals surface area contributed by atoms with Gasteiger partial charge in [0.1, 0.15) is 42.3 Å². The fraction of sp³-hybridized carbons (Fsp3) is 0.565. The first-order valence-corrected chi connectivity index (χ1v) is 21.9. The van der Waals surface area contributed by atoms with Gasteiger partial charge in [-0.25, -0.2) is 0 Å². The number of hydrogen-bond donors (Lipinski definition) is 9. The summed E-state index contributed by atoms with van der Waals surface area (Å²) in [7, 11) is 0. The average molecular weight is 878 g/mol. The Morgan fingerprint density at radius 1 is 0.492 bits per heavy atom. The van der Waals surface area contributed by atoms with Gasteiger partial charge >= 0.3 is 0 Å². The number of hydrogen-bond acceptors (Lipinski definition) is 9. The highest BCUT2D eigenvalue weighted by atomic mass is 16.2. The second-order valence-corrected chi connectivity index (χ2v) is 17.3. The number of nitrogens with one attached hydrogen (secondary N) is 7. The minimum absolute atomic E-state index is 0.0146. The molecule has 2 rings (SSSR count). The van der Waals surface area contributed by atoms with Gasteiger partial charge in [-0.1, -0.05) is 102 Å². The van der Waals surface area contributed by atoms with E-state index in [9.17, 15) is 38.4 Å². The standard InChI is InChI=1S/C46H71N9O8/c1-27(2)23-35(40(48)57)51-41(58)30(7)49-43(60)37(25-32-17-11-9-12-18-32)53-44(61)38(26-33-19-13-10-14-20-33)54-46(63)39(29(5)6)55-45(62)36(24-28(3)4)52-42(59)34(50-31(8)56)21-15-16-22-47/h9-14,17-20,27-30,34-39H,15-16,21-26,47H2,1-8H3,(H2,48,57)(H,49,60)(H,50,56)(H,51,58)(H,52,59)(H,53,61)(H,54,63)(H,55,62)/t30-,34-,35-,36-,37-,38-,39-/m0/s1. The molecule has 0 aromatic heterocycles. The van der Waals surface area contributed by atoms with Crippen LogP contribution in [-0.2, 0) is 51.2 Å². The van der Waals surface area contributed by atoms with Crippen molar-refractivity contribution in [3.05, 3.63) is 71.8 Å². The molecule has 0 unspecified atom stereocenters. The van der Waals surface area contributed by atoms with E-state index >= 15 is 0 Å². The summed E-state index contributed by atoms with van der Waals surface area (Å²) >= 11 is 0. The van der Waals surface area contributed by atoms with E-state index in [2.05, 4.69) is 37.2 Å². The normalized spacial score (nSPS) is 14.5. The van der Waals surface area contributed by atoms with Crippen molar-refractivity contribution in [3.63, 3.8) is 0 Å². The lowest BCUT2D eigenvalue weighted by Crippen LogP contribution is -2.61. The molecule has 348 valence electrons. The van der Waals surface area contributed by atoms with Crippen molar-refractivity contribution in [3.8, 4) is 0 Å². The molecule has 8 amide bonds. The van der Waals surface area contributed by atoms with E-state index in [4.69, 9.17) is 11.5 Å². The van der Waals surface area contributed by atoms with Crippen molar-refractivity contribution in [2.75, 3.05) is 6.54 Å². The third-order valence-corrected chi connectivity index (χ3v) is 10.2. The molecule has 2 aromatic rings. The molecule has 0 radical (unpaired) electrons. The Hall–Kier alpha value is -5.84. The maximum Gasteiger partial charge on any atom is 0.243 e. The number of rotatable bonds is 27. The molecule has 0 saturated carbocycles. The van der Waals surface area contributed by atoms with Crippen molar-refractivity contribution < 1.29 is 38.4 Å². The molecule has 7 atom stereocenters. The first-order valence-electron chi connectivity index (χ1n) is 21.9. The van der Waals surface area contributed by atoms with Gasteiger partial charge in [0.25, 0.3) is 0 Å². The molecule has 0 aliphatic heterocycles. The topological polar surface area (TPSA) is 273 Å². The zero-order valence-corrected chi connectivity index (χ0v) is 38.1. The lowest BCUT2D eigenvalue weighted by molar-refractivity contribution is -0.136. The molecule has 17 nitrogen and oxygen atoms in total. The molecule has 17 heteroatoms. The van der Waals surface area contributed by atoms with Crippen LogP contribution >= 0.6 is 0 Å². The first-order chi connectivity index (χ1) is 29.7. The summed E-state index contributed by atoms with van der Waals surface area (Å²) in [5.74, 6) is -5.46. The van der Waals surface area contributed by atoms with Gasteiger partial charge < -0.3 is 48.7 Å². The Bertz CT molecular complexity index is 1810. The minimum atomic E-state index is -1.24. The lowest BCUT2D eigenvalue weighted by Gasteiger charge is -2.29.